The summed E-state index contributed by atoms with van der Waals surface area (Å²) in [5.41, 5.74) is 6.97. The zero-order chi connectivity index (χ0) is 12.1. The molecule has 0 spiro atoms. The van der Waals surface area contributed by atoms with Crippen LogP contribution in [0, 0.1) is 0 Å². The molecule has 1 aliphatic rings. The molecule has 1 unspecified atom stereocenters. The van der Waals surface area contributed by atoms with Crippen molar-refractivity contribution in [3.63, 3.8) is 0 Å². The van der Waals surface area contributed by atoms with Crippen LogP contribution in [0.15, 0.2) is 18.3 Å². The molecule has 0 amide bonds. The second kappa shape index (κ2) is 5.98. The fraction of sp³-hybridized carbons (Fsp3) is 0.615. The maximum atomic E-state index is 5.86. The van der Waals surface area contributed by atoms with Crippen LogP contribution in [0.2, 0.25) is 0 Å². The third-order valence-electron chi connectivity index (χ3n) is 3.25. The van der Waals surface area contributed by atoms with E-state index in [4.69, 9.17) is 10.5 Å². The number of rotatable bonds is 5. The number of likely N-dealkylation sites (N-methyl/N-ethyl adjacent to an activating group) is 1. The molecule has 1 fully saturated rings. The monoisotopic (exact) mass is 235 g/mol. The van der Waals surface area contributed by atoms with Gasteiger partial charge in [-0.15, -0.1) is 0 Å². The first-order valence-corrected chi connectivity index (χ1v) is 6.33. The Balaban J connectivity index is 1.92. The average molecular weight is 235 g/mol. The minimum atomic E-state index is 0.396. The number of nitrogens with zero attached hydrogens (tertiary/aromatic N) is 2. The zero-order valence-electron chi connectivity index (χ0n) is 10.4. The minimum absolute atomic E-state index is 0.396. The first-order valence-electron chi connectivity index (χ1n) is 6.33. The molecule has 0 bridgehead atoms. The highest BCUT2D eigenvalue weighted by Crippen LogP contribution is 2.16. The summed E-state index contributed by atoms with van der Waals surface area (Å²) >= 11 is 0. The van der Waals surface area contributed by atoms with Gasteiger partial charge in [0, 0.05) is 31.5 Å². The zero-order valence-corrected chi connectivity index (χ0v) is 10.4. The highest BCUT2D eigenvalue weighted by molar-refractivity contribution is 5.38. The van der Waals surface area contributed by atoms with Gasteiger partial charge in [-0.05, 0) is 25.5 Å². The van der Waals surface area contributed by atoms with Crippen molar-refractivity contribution in [3.8, 4) is 0 Å². The van der Waals surface area contributed by atoms with E-state index in [1.54, 1.807) is 6.20 Å². The fourth-order valence-corrected chi connectivity index (χ4v) is 2.21. The maximum absolute atomic E-state index is 5.86. The van der Waals surface area contributed by atoms with E-state index in [0.29, 0.717) is 11.9 Å². The quantitative estimate of drug-likeness (QED) is 0.843. The van der Waals surface area contributed by atoms with Crippen molar-refractivity contribution in [3.05, 3.63) is 23.9 Å². The predicted molar refractivity (Wildman–Crippen MR) is 68.6 cm³/mol. The first kappa shape index (κ1) is 12.3. The lowest BCUT2D eigenvalue weighted by atomic mass is 10.2. The molecule has 0 saturated carbocycles. The van der Waals surface area contributed by atoms with Crippen molar-refractivity contribution in [2.24, 2.45) is 0 Å². The molecule has 2 N–H and O–H groups in total. The lowest BCUT2D eigenvalue weighted by Gasteiger charge is -2.24. The van der Waals surface area contributed by atoms with Crippen LogP contribution >= 0.6 is 0 Å². The molecule has 0 aliphatic carbocycles. The van der Waals surface area contributed by atoms with Crippen LogP contribution in [0.4, 0.5) is 5.82 Å². The largest absolute Gasteiger partial charge is 0.383 e. The molecule has 0 aromatic carbocycles. The summed E-state index contributed by atoms with van der Waals surface area (Å²) in [4.78, 5) is 6.48. The van der Waals surface area contributed by atoms with Crippen LogP contribution in [0.5, 0.6) is 0 Å². The van der Waals surface area contributed by atoms with E-state index in [-0.39, 0.29) is 0 Å². The van der Waals surface area contributed by atoms with Gasteiger partial charge in [-0.25, -0.2) is 4.98 Å². The summed E-state index contributed by atoms with van der Waals surface area (Å²) in [5.74, 6) is 0.637. The molecular weight excluding hydrogens is 214 g/mol. The number of anilines is 1. The Morgan fingerprint density at radius 3 is 3.12 bits per heavy atom. The number of aromatic nitrogens is 1. The van der Waals surface area contributed by atoms with Gasteiger partial charge >= 0.3 is 0 Å². The average Bonchev–Trinajstić information content (AvgIpc) is 2.84. The number of pyridine rings is 1. The third-order valence-corrected chi connectivity index (χ3v) is 3.25. The molecule has 2 rings (SSSR count). The molecule has 0 radical (unpaired) electrons. The number of hydrogen-bond donors (Lipinski definition) is 1. The molecule has 1 saturated heterocycles. The van der Waals surface area contributed by atoms with Crippen LogP contribution in [-0.4, -0.2) is 35.7 Å². The van der Waals surface area contributed by atoms with E-state index in [1.807, 2.05) is 12.1 Å². The topological polar surface area (TPSA) is 51.4 Å². The number of hydrogen-bond acceptors (Lipinski definition) is 4. The van der Waals surface area contributed by atoms with Gasteiger partial charge in [0.15, 0.2) is 0 Å². The maximum Gasteiger partial charge on any atom is 0.127 e. The molecule has 4 heteroatoms. The van der Waals surface area contributed by atoms with Gasteiger partial charge in [-0.3, -0.25) is 4.90 Å². The van der Waals surface area contributed by atoms with Crippen molar-refractivity contribution in [1.82, 2.24) is 9.88 Å². The van der Waals surface area contributed by atoms with Gasteiger partial charge in [0.05, 0.1) is 6.10 Å². The Hall–Kier alpha value is -1.13. The van der Waals surface area contributed by atoms with Crippen LogP contribution in [0.25, 0.3) is 0 Å². The summed E-state index contributed by atoms with van der Waals surface area (Å²) in [6.07, 6.45) is 4.50. The Morgan fingerprint density at radius 1 is 1.59 bits per heavy atom. The van der Waals surface area contributed by atoms with Crippen molar-refractivity contribution in [2.75, 3.05) is 25.4 Å². The summed E-state index contributed by atoms with van der Waals surface area (Å²) < 4.78 is 5.66. The molecule has 4 nitrogen and oxygen atoms in total. The Morgan fingerprint density at radius 2 is 2.47 bits per heavy atom. The highest BCUT2D eigenvalue weighted by atomic mass is 16.5. The van der Waals surface area contributed by atoms with Crippen LogP contribution in [0.1, 0.15) is 25.3 Å². The Kier molecular flexibility index (Phi) is 4.34. The highest BCUT2D eigenvalue weighted by Gasteiger charge is 2.18. The molecular formula is C13H21N3O. The molecule has 1 aromatic heterocycles. The molecule has 17 heavy (non-hydrogen) atoms. The van der Waals surface area contributed by atoms with Gasteiger partial charge in [-0.2, -0.15) is 0 Å². The SMILES string of the molecule is CCN(Cc1cccnc1N)CC1CCCO1. The van der Waals surface area contributed by atoms with Crippen LogP contribution in [-0.2, 0) is 11.3 Å². The lowest BCUT2D eigenvalue weighted by Crippen LogP contribution is -2.31. The van der Waals surface area contributed by atoms with Crippen molar-refractivity contribution in [2.45, 2.75) is 32.4 Å². The van der Waals surface area contributed by atoms with E-state index >= 15 is 0 Å². The molecule has 1 aliphatic heterocycles. The molecule has 1 atom stereocenters. The number of nitrogen functional groups attached to an aromatic ring is 1. The van der Waals surface area contributed by atoms with E-state index in [0.717, 1.165) is 31.8 Å². The summed E-state index contributed by atoms with van der Waals surface area (Å²) in [5, 5.41) is 0. The van der Waals surface area contributed by atoms with E-state index in [2.05, 4.69) is 16.8 Å². The van der Waals surface area contributed by atoms with Crippen LogP contribution in [0.3, 0.4) is 0 Å². The van der Waals surface area contributed by atoms with Gasteiger partial charge in [-0.1, -0.05) is 13.0 Å². The summed E-state index contributed by atoms with van der Waals surface area (Å²) in [6.45, 7) is 5.94. The van der Waals surface area contributed by atoms with E-state index < -0.39 is 0 Å². The number of ether oxygens (including phenoxy) is 1. The third kappa shape index (κ3) is 3.41. The summed E-state index contributed by atoms with van der Waals surface area (Å²) in [7, 11) is 0. The van der Waals surface area contributed by atoms with E-state index in [9.17, 15) is 0 Å². The van der Waals surface area contributed by atoms with Crippen LogP contribution < -0.4 is 5.73 Å². The van der Waals surface area contributed by atoms with Gasteiger partial charge in [0.2, 0.25) is 0 Å². The number of nitrogens with two attached hydrogens (primary N) is 1. The second-order valence-electron chi connectivity index (χ2n) is 4.51. The summed E-state index contributed by atoms with van der Waals surface area (Å²) in [6, 6.07) is 3.98. The fourth-order valence-electron chi connectivity index (χ4n) is 2.21. The normalized spacial score (nSPS) is 20.0. The van der Waals surface area contributed by atoms with Gasteiger partial charge in [0.25, 0.3) is 0 Å². The standard InChI is InChI=1S/C13H21N3O/c1-2-16(10-12-6-4-8-17-12)9-11-5-3-7-15-13(11)14/h3,5,7,12H,2,4,6,8-10H2,1H3,(H2,14,15). The molecule has 1 aromatic rings. The second-order valence-corrected chi connectivity index (χ2v) is 4.51. The molecule has 2 heterocycles. The van der Waals surface area contributed by atoms with Crippen molar-refractivity contribution in [1.29, 1.82) is 0 Å². The van der Waals surface area contributed by atoms with Crippen molar-refractivity contribution >= 4 is 5.82 Å². The predicted octanol–water partition coefficient (Wildman–Crippen LogP) is 1.66. The van der Waals surface area contributed by atoms with Gasteiger partial charge < -0.3 is 10.5 Å². The van der Waals surface area contributed by atoms with Crippen molar-refractivity contribution < 1.29 is 4.74 Å². The Bertz CT molecular complexity index is 350. The first-order chi connectivity index (χ1) is 8.29. The lowest BCUT2D eigenvalue weighted by molar-refractivity contribution is 0.0725. The smallest absolute Gasteiger partial charge is 0.127 e. The van der Waals surface area contributed by atoms with E-state index in [1.165, 1.54) is 12.8 Å². The minimum Gasteiger partial charge on any atom is -0.383 e. The van der Waals surface area contributed by atoms with Gasteiger partial charge in [0.1, 0.15) is 5.82 Å². The Labute approximate surface area is 103 Å². The molecule has 94 valence electrons.